The van der Waals surface area contributed by atoms with Crippen molar-refractivity contribution >= 4 is 12.4 Å². The van der Waals surface area contributed by atoms with Crippen LogP contribution >= 0.6 is 12.4 Å². The highest BCUT2D eigenvalue weighted by Gasteiger charge is 2.17. The van der Waals surface area contributed by atoms with Crippen LogP contribution in [0.15, 0.2) is 12.1 Å². The molecule has 0 spiro atoms. The first-order valence-corrected chi connectivity index (χ1v) is 7.31. The van der Waals surface area contributed by atoms with Crippen molar-refractivity contribution in [2.75, 3.05) is 21.3 Å². The maximum atomic E-state index is 5.50. The fourth-order valence-corrected chi connectivity index (χ4v) is 2.86. The summed E-state index contributed by atoms with van der Waals surface area (Å²) in [7, 11) is 4.94. The Hall–Kier alpha value is -1.13. The lowest BCUT2D eigenvalue weighted by molar-refractivity contribution is 0.319. The molecular formula is C16H26ClNO3. The Labute approximate surface area is 133 Å². The summed E-state index contributed by atoms with van der Waals surface area (Å²) >= 11 is 0. The van der Waals surface area contributed by atoms with Gasteiger partial charge in [0.25, 0.3) is 0 Å². The summed E-state index contributed by atoms with van der Waals surface area (Å²) in [6.07, 6.45) is 6.59. The van der Waals surface area contributed by atoms with Gasteiger partial charge in [-0.1, -0.05) is 25.3 Å². The number of methoxy groups -OCH3 is 3. The molecule has 1 N–H and O–H groups in total. The minimum absolute atomic E-state index is 0. The quantitative estimate of drug-likeness (QED) is 0.871. The fourth-order valence-electron chi connectivity index (χ4n) is 2.86. The second kappa shape index (κ2) is 9.00. The van der Waals surface area contributed by atoms with Gasteiger partial charge in [0.05, 0.1) is 21.3 Å². The predicted octanol–water partition coefficient (Wildman–Crippen LogP) is 3.56. The summed E-state index contributed by atoms with van der Waals surface area (Å²) in [5.41, 5.74) is 1.11. The number of hydrogen-bond donors (Lipinski definition) is 1. The van der Waals surface area contributed by atoms with Crippen molar-refractivity contribution in [1.29, 1.82) is 0 Å². The van der Waals surface area contributed by atoms with E-state index in [-0.39, 0.29) is 12.4 Å². The minimum Gasteiger partial charge on any atom is -0.493 e. The van der Waals surface area contributed by atoms with Gasteiger partial charge in [-0.25, -0.2) is 0 Å². The summed E-state index contributed by atoms with van der Waals surface area (Å²) in [4.78, 5) is 0. The monoisotopic (exact) mass is 315 g/mol. The fraction of sp³-hybridized carbons (Fsp3) is 0.625. The first kappa shape index (κ1) is 17.9. The average Bonchev–Trinajstić information content (AvgIpc) is 2.52. The van der Waals surface area contributed by atoms with Crippen LogP contribution < -0.4 is 19.5 Å². The molecule has 5 heteroatoms. The van der Waals surface area contributed by atoms with Crippen molar-refractivity contribution in [3.63, 3.8) is 0 Å². The van der Waals surface area contributed by atoms with Gasteiger partial charge in [0.15, 0.2) is 11.5 Å². The van der Waals surface area contributed by atoms with E-state index in [1.54, 1.807) is 21.3 Å². The highest BCUT2D eigenvalue weighted by Crippen LogP contribution is 2.39. The summed E-state index contributed by atoms with van der Waals surface area (Å²) in [6, 6.07) is 4.59. The van der Waals surface area contributed by atoms with Gasteiger partial charge in [0, 0.05) is 18.2 Å². The lowest BCUT2D eigenvalue weighted by atomic mass is 9.95. The van der Waals surface area contributed by atoms with E-state index < -0.39 is 0 Å². The van der Waals surface area contributed by atoms with E-state index in [0.717, 1.165) is 17.9 Å². The van der Waals surface area contributed by atoms with E-state index in [1.807, 2.05) is 12.1 Å². The predicted molar refractivity (Wildman–Crippen MR) is 87.1 cm³/mol. The van der Waals surface area contributed by atoms with Crippen LogP contribution in [-0.2, 0) is 6.54 Å². The van der Waals surface area contributed by atoms with Crippen LogP contribution in [0.3, 0.4) is 0 Å². The highest BCUT2D eigenvalue weighted by atomic mass is 35.5. The van der Waals surface area contributed by atoms with E-state index in [2.05, 4.69) is 5.32 Å². The number of halogens is 1. The number of hydrogen-bond acceptors (Lipinski definition) is 4. The van der Waals surface area contributed by atoms with Gasteiger partial charge in [-0.2, -0.15) is 0 Å². The lowest BCUT2D eigenvalue weighted by Crippen LogP contribution is -2.30. The molecule has 1 aliphatic carbocycles. The summed E-state index contributed by atoms with van der Waals surface area (Å²) in [5.74, 6) is 2.12. The SMILES string of the molecule is COc1ccc(CNC2CCCCC2)c(OC)c1OC.Cl. The van der Waals surface area contributed by atoms with E-state index in [1.165, 1.54) is 32.1 Å². The second-order valence-electron chi connectivity index (χ2n) is 5.21. The largest absolute Gasteiger partial charge is 0.493 e. The number of ether oxygens (including phenoxy) is 3. The summed E-state index contributed by atoms with van der Waals surface area (Å²) in [6.45, 7) is 0.800. The molecular weight excluding hydrogens is 290 g/mol. The van der Waals surface area contributed by atoms with Gasteiger partial charge in [-0.05, 0) is 18.9 Å². The Morgan fingerprint density at radius 2 is 1.62 bits per heavy atom. The average molecular weight is 316 g/mol. The number of benzene rings is 1. The first-order valence-electron chi connectivity index (χ1n) is 7.31. The topological polar surface area (TPSA) is 39.7 Å². The Morgan fingerprint density at radius 1 is 0.952 bits per heavy atom. The van der Waals surface area contributed by atoms with Crippen LogP contribution in [-0.4, -0.2) is 27.4 Å². The van der Waals surface area contributed by atoms with Gasteiger partial charge in [-0.3, -0.25) is 0 Å². The Balaban J connectivity index is 0.00000220. The first-order chi connectivity index (χ1) is 9.80. The maximum Gasteiger partial charge on any atom is 0.203 e. The number of nitrogens with one attached hydrogen (secondary N) is 1. The number of rotatable bonds is 6. The third-order valence-electron chi connectivity index (χ3n) is 3.97. The molecule has 0 unspecified atom stereocenters. The maximum absolute atomic E-state index is 5.50. The molecule has 1 aliphatic rings. The second-order valence-corrected chi connectivity index (χ2v) is 5.21. The molecule has 0 amide bonds. The molecule has 0 radical (unpaired) electrons. The molecule has 0 saturated heterocycles. The van der Waals surface area contributed by atoms with Crippen LogP contribution in [0.5, 0.6) is 17.2 Å². The molecule has 0 atom stereocenters. The van der Waals surface area contributed by atoms with Crippen molar-refractivity contribution in [2.45, 2.75) is 44.7 Å². The highest BCUT2D eigenvalue weighted by molar-refractivity contribution is 5.85. The smallest absolute Gasteiger partial charge is 0.203 e. The molecule has 1 aromatic rings. The Kier molecular flexibility index (Phi) is 7.68. The molecule has 0 aliphatic heterocycles. The molecule has 120 valence electrons. The van der Waals surface area contributed by atoms with E-state index in [4.69, 9.17) is 14.2 Å². The third kappa shape index (κ3) is 4.42. The van der Waals surface area contributed by atoms with Crippen LogP contribution in [0.1, 0.15) is 37.7 Å². The molecule has 1 aromatic carbocycles. The van der Waals surface area contributed by atoms with Crippen molar-refractivity contribution in [3.05, 3.63) is 17.7 Å². The van der Waals surface area contributed by atoms with E-state index >= 15 is 0 Å². The summed E-state index contributed by atoms with van der Waals surface area (Å²) in [5, 5.41) is 3.63. The molecule has 0 aromatic heterocycles. The molecule has 21 heavy (non-hydrogen) atoms. The molecule has 0 bridgehead atoms. The van der Waals surface area contributed by atoms with Gasteiger partial charge < -0.3 is 19.5 Å². The molecule has 1 fully saturated rings. The van der Waals surface area contributed by atoms with Crippen molar-refractivity contribution in [2.24, 2.45) is 0 Å². The zero-order valence-electron chi connectivity index (χ0n) is 13.1. The van der Waals surface area contributed by atoms with Crippen molar-refractivity contribution in [3.8, 4) is 17.2 Å². The van der Waals surface area contributed by atoms with Crippen molar-refractivity contribution < 1.29 is 14.2 Å². The van der Waals surface area contributed by atoms with E-state index in [9.17, 15) is 0 Å². The third-order valence-corrected chi connectivity index (χ3v) is 3.97. The lowest BCUT2D eigenvalue weighted by Gasteiger charge is -2.24. The van der Waals surface area contributed by atoms with Crippen molar-refractivity contribution in [1.82, 2.24) is 5.32 Å². The molecule has 4 nitrogen and oxygen atoms in total. The summed E-state index contributed by atoms with van der Waals surface area (Å²) < 4.78 is 16.2. The van der Waals surface area contributed by atoms with Crippen LogP contribution in [0.2, 0.25) is 0 Å². The van der Waals surface area contributed by atoms with Crippen LogP contribution in [0.25, 0.3) is 0 Å². The van der Waals surface area contributed by atoms with Gasteiger partial charge in [-0.15, -0.1) is 12.4 Å². The van der Waals surface area contributed by atoms with Gasteiger partial charge in [0.2, 0.25) is 5.75 Å². The minimum atomic E-state index is 0. The molecule has 2 rings (SSSR count). The Bertz CT molecular complexity index is 434. The zero-order valence-corrected chi connectivity index (χ0v) is 13.9. The standard InChI is InChI=1S/C16H25NO3.ClH/c1-18-14-10-9-12(15(19-2)16(14)20-3)11-17-13-7-5-4-6-8-13;/h9-10,13,17H,4-8,11H2,1-3H3;1H. The molecule has 1 saturated carbocycles. The van der Waals surface area contributed by atoms with Gasteiger partial charge >= 0.3 is 0 Å². The molecule has 0 heterocycles. The van der Waals surface area contributed by atoms with Crippen LogP contribution in [0, 0.1) is 0 Å². The van der Waals surface area contributed by atoms with Crippen LogP contribution in [0.4, 0.5) is 0 Å². The Morgan fingerprint density at radius 3 is 2.19 bits per heavy atom. The van der Waals surface area contributed by atoms with Gasteiger partial charge in [0.1, 0.15) is 0 Å². The zero-order chi connectivity index (χ0) is 14.4. The normalized spacial score (nSPS) is 15.2. The van der Waals surface area contributed by atoms with E-state index in [0.29, 0.717) is 17.5 Å².